The van der Waals surface area contributed by atoms with Gasteiger partial charge in [0.2, 0.25) is 0 Å². The lowest BCUT2D eigenvalue weighted by molar-refractivity contribution is 0.0954. The molecule has 0 aliphatic carbocycles. The van der Waals surface area contributed by atoms with Crippen LogP contribution in [0.2, 0.25) is 5.02 Å². The van der Waals surface area contributed by atoms with Crippen LogP contribution in [0.15, 0.2) is 65.5 Å². The highest BCUT2D eigenvalue weighted by atomic mass is 35.5. The summed E-state index contributed by atoms with van der Waals surface area (Å²) in [5.41, 5.74) is 2.09. The quantitative estimate of drug-likeness (QED) is 0.363. The highest BCUT2D eigenvalue weighted by Gasteiger charge is 2.15. The molecule has 4 rings (SSSR count). The van der Waals surface area contributed by atoms with Gasteiger partial charge < -0.3 is 19.8 Å². The maximum Gasteiger partial charge on any atom is 0.266 e. The van der Waals surface area contributed by atoms with Gasteiger partial charge >= 0.3 is 0 Å². The molecule has 0 aliphatic heterocycles. The lowest BCUT2D eigenvalue weighted by atomic mass is 10.1. The summed E-state index contributed by atoms with van der Waals surface area (Å²) in [7, 11) is 3.06. The summed E-state index contributed by atoms with van der Waals surface area (Å²) in [5.74, 6) is 0.787. The number of hydrogen-bond acceptors (Lipinski definition) is 5. The van der Waals surface area contributed by atoms with Gasteiger partial charge in [0, 0.05) is 23.2 Å². The van der Waals surface area contributed by atoms with Gasteiger partial charge in [0.05, 0.1) is 30.8 Å². The number of methoxy groups -OCH3 is 2. The molecule has 1 heterocycles. The van der Waals surface area contributed by atoms with Crippen LogP contribution in [0.5, 0.6) is 11.5 Å². The molecule has 4 aromatic rings. The number of carbonyl (C=O) groups is 1. The van der Waals surface area contributed by atoms with Crippen molar-refractivity contribution >= 4 is 40.6 Å². The summed E-state index contributed by atoms with van der Waals surface area (Å²) in [6, 6.07) is 17.5. The fraction of sp³-hybridized carbons (Fsp3) is 0.160. The van der Waals surface area contributed by atoms with Crippen molar-refractivity contribution in [3.63, 3.8) is 0 Å². The first-order chi connectivity index (χ1) is 16.4. The van der Waals surface area contributed by atoms with Crippen LogP contribution in [0.25, 0.3) is 16.6 Å². The Morgan fingerprint density at radius 2 is 1.82 bits per heavy atom. The van der Waals surface area contributed by atoms with Crippen LogP contribution < -0.4 is 20.3 Å². The maximum atomic E-state index is 13.3. The predicted octanol–water partition coefficient (Wildman–Crippen LogP) is 4.69. The highest BCUT2D eigenvalue weighted by Crippen LogP contribution is 2.27. The number of rotatable bonds is 7. The Morgan fingerprint density at radius 1 is 1.06 bits per heavy atom. The molecule has 0 fully saturated rings. The second kappa shape index (κ2) is 10.1. The van der Waals surface area contributed by atoms with Crippen LogP contribution >= 0.6 is 23.8 Å². The van der Waals surface area contributed by atoms with Crippen LogP contribution in [0.1, 0.15) is 15.9 Å². The van der Waals surface area contributed by atoms with Gasteiger partial charge in [0.1, 0.15) is 11.5 Å². The van der Waals surface area contributed by atoms with Crippen molar-refractivity contribution in [3.05, 3.63) is 91.9 Å². The number of aromatic nitrogens is 2. The van der Waals surface area contributed by atoms with Gasteiger partial charge in [-0.3, -0.25) is 9.59 Å². The van der Waals surface area contributed by atoms with Crippen molar-refractivity contribution in [1.29, 1.82) is 0 Å². The fourth-order valence-electron chi connectivity index (χ4n) is 3.62. The van der Waals surface area contributed by atoms with Crippen molar-refractivity contribution in [2.75, 3.05) is 20.8 Å². The molecule has 0 atom stereocenters. The highest BCUT2D eigenvalue weighted by molar-refractivity contribution is 7.71. The van der Waals surface area contributed by atoms with E-state index in [4.69, 9.17) is 33.3 Å². The number of H-pyrrole nitrogens is 1. The number of fused-ring (bicyclic) bond motifs is 1. The zero-order valence-corrected chi connectivity index (χ0v) is 20.1. The number of benzene rings is 3. The molecule has 3 aromatic carbocycles. The molecule has 7 nitrogen and oxygen atoms in total. The average molecular weight is 496 g/mol. The van der Waals surface area contributed by atoms with Crippen LogP contribution in [0.3, 0.4) is 0 Å². The van der Waals surface area contributed by atoms with Crippen molar-refractivity contribution in [2.45, 2.75) is 6.42 Å². The second-order valence-corrected chi connectivity index (χ2v) is 8.32. The topological polar surface area (TPSA) is 85.3 Å². The first kappa shape index (κ1) is 23.5. The Morgan fingerprint density at radius 3 is 2.53 bits per heavy atom. The SMILES string of the molecule is COc1ccc(OC)c(-n2c(=S)[nH]c3cc(C(=O)NCCc4ccc(Cl)cc4)ccc3c2=O)c1. The van der Waals surface area contributed by atoms with Crippen molar-refractivity contribution in [2.24, 2.45) is 0 Å². The molecular weight excluding hydrogens is 474 g/mol. The minimum absolute atomic E-state index is 0.171. The molecule has 2 N–H and O–H groups in total. The molecule has 0 spiro atoms. The standard InChI is InChI=1S/C25H22ClN3O4S/c1-32-18-8-10-22(33-2)21(14-18)29-24(31)19-9-5-16(13-20(19)28-25(29)34)23(30)27-12-11-15-3-6-17(26)7-4-15/h3-10,13-14H,11-12H2,1-2H3,(H,27,30)(H,28,34). The molecule has 174 valence electrons. The molecular formula is C25H22ClN3O4S. The number of carbonyl (C=O) groups excluding carboxylic acids is 1. The zero-order valence-electron chi connectivity index (χ0n) is 18.6. The van der Waals surface area contributed by atoms with E-state index in [-0.39, 0.29) is 16.2 Å². The van der Waals surface area contributed by atoms with E-state index in [0.29, 0.717) is 51.6 Å². The van der Waals surface area contributed by atoms with Gasteiger partial charge in [-0.25, -0.2) is 4.57 Å². The average Bonchev–Trinajstić information content (AvgIpc) is 2.84. The third kappa shape index (κ3) is 4.83. The minimum Gasteiger partial charge on any atom is -0.497 e. The third-order valence-electron chi connectivity index (χ3n) is 5.40. The molecule has 0 unspecified atom stereocenters. The van der Waals surface area contributed by atoms with E-state index in [0.717, 1.165) is 5.56 Å². The third-order valence-corrected chi connectivity index (χ3v) is 5.94. The van der Waals surface area contributed by atoms with E-state index in [1.807, 2.05) is 24.3 Å². The Bertz CT molecular complexity index is 1480. The molecule has 0 saturated carbocycles. The van der Waals surface area contributed by atoms with E-state index in [1.165, 1.54) is 18.8 Å². The normalized spacial score (nSPS) is 10.8. The fourth-order valence-corrected chi connectivity index (χ4v) is 4.04. The van der Waals surface area contributed by atoms with Gasteiger partial charge in [0.25, 0.3) is 11.5 Å². The van der Waals surface area contributed by atoms with Crippen molar-refractivity contribution in [3.8, 4) is 17.2 Å². The summed E-state index contributed by atoms with van der Waals surface area (Å²) < 4.78 is 12.2. The number of ether oxygens (including phenoxy) is 2. The summed E-state index contributed by atoms with van der Waals surface area (Å²) in [6.07, 6.45) is 0.673. The maximum absolute atomic E-state index is 13.3. The number of nitrogens with one attached hydrogen (secondary N) is 2. The van der Waals surface area contributed by atoms with Crippen LogP contribution in [0.4, 0.5) is 0 Å². The Kier molecular flexibility index (Phi) is 7.00. The Balaban J connectivity index is 1.62. The first-order valence-electron chi connectivity index (χ1n) is 10.5. The molecule has 0 aliphatic rings. The zero-order chi connectivity index (χ0) is 24.2. The molecule has 0 saturated heterocycles. The van der Waals surface area contributed by atoms with Crippen molar-refractivity contribution in [1.82, 2.24) is 14.9 Å². The van der Waals surface area contributed by atoms with Crippen LogP contribution in [-0.4, -0.2) is 36.2 Å². The molecule has 0 radical (unpaired) electrons. The molecule has 9 heteroatoms. The van der Waals surface area contributed by atoms with Gasteiger partial charge in [0.15, 0.2) is 4.77 Å². The van der Waals surface area contributed by atoms with E-state index >= 15 is 0 Å². The van der Waals surface area contributed by atoms with Gasteiger partial charge in [-0.05, 0) is 66.7 Å². The van der Waals surface area contributed by atoms with Crippen LogP contribution in [-0.2, 0) is 6.42 Å². The van der Waals surface area contributed by atoms with E-state index < -0.39 is 0 Å². The molecule has 34 heavy (non-hydrogen) atoms. The molecule has 0 bridgehead atoms. The lowest BCUT2D eigenvalue weighted by Crippen LogP contribution is -2.26. The Labute approximate surface area is 205 Å². The van der Waals surface area contributed by atoms with E-state index in [9.17, 15) is 9.59 Å². The van der Waals surface area contributed by atoms with Crippen molar-refractivity contribution < 1.29 is 14.3 Å². The largest absolute Gasteiger partial charge is 0.497 e. The summed E-state index contributed by atoms with van der Waals surface area (Å²) in [6.45, 7) is 0.464. The smallest absolute Gasteiger partial charge is 0.266 e. The summed E-state index contributed by atoms with van der Waals surface area (Å²) in [5, 5.41) is 3.95. The second-order valence-electron chi connectivity index (χ2n) is 7.50. The van der Waals surface area contributed by atoms with Gasteiger partial charge in [-0.15, -0.1) is 0 Å². The minimum atomic E-state index is -0.333. The first-order valence-corrected chi connectivity index (χ1v) is 11.2. The van der Waals surface area contributed by atoms with E-state index in [1.54, 1.807) is 36.4 Å². The van der Waals surface area contributed by atoms with Crippen LogP contribution in [0, 0.1) is 4.77 Å². The molecule has 1 aromatic heterocycles. The number of hydrogen-bond donors (Lipinski definition) is 2. The van der Waals surface area contributed by atoms with Gasteiger partial charge in [-0.2, -0.15) is 0 Å². The Hall–Kier alpha value is -3.62. The summed E-state index contributed by atoms with van der Waals surface area (Å²) in [4.78, 5) is 29.0. The monoisotopic (exact) mass is 495 g/mol. The number of aromatic amines is 1. The lowest BCUT2D eigenvalue weighted by Gasteiger charge is -2.14. The number of halogens is 1. The molecule has 1 amide bonds. The number of amides is 1. The number of nitrogens with zero attached hydrogens (tertiary/aromatic N) is 1. The van der Waals surface area contributed by atoms with E-state index in [2.05, 4.69) is 10.3 Å². The predicted molar refractivity (Wildman–Crippen MR) is 135 cm³/mol. The van der Waals surface area contributed by atoms with Gasteiger partial charge in [-0.1, -0.05) is 23.7 Å². The summed E-state index contributed by atoms with van der Waals surface area (Å²) >= 11 is 11.4.